The summed E-state index contributed by atoms with van der Waals surface area (Å²) in [5, 5.41) is 10.0. The number of carbonyl (C=O) groups is 1. The fourth-order valence-corrected chi connectivity index (χ4v) is 7.08. The number of amides is 1. The topological polar surface area (TPSA) is 54.7 Å². The molecule has 1 aromatic carbocycles. The van der Waals surface area contributed by atoms with E-state index < -0.39 is 0 Å². The molecule has 1 aromatic heterocycles. The lowest BCUT2D eigenvalue weighted by atomic mass is 9.72. The van der Waals surface area contributed by atoms with Gasteiger partial charge in [-0.1, -0.05) is 24.6 Å². The van der Waals surface area contributed by atoms with E-state index in [4.69, 9.17) is 4.74 Å². The number of aliphatic hydroxyl groups excluding tert-OH is 1. The van der Waals surface area contributed by atoms with Crippen molar-refractivity contribution in [1.29, 1.82) is 0 Å². The third-order valence-electron chi connectivity index (χ3n) is 9.48. The molecule has 2 saturated carbocycles. The second-order valence-corrected chi connectivity index (χ2v) is 12.3. The van der Waals surface area contributed by atoms with Crippen molar-refractivity contribution in [2.45, 2.75) is 84.7 Å². The Labute approximate surface area is 234 Å². The summed E-state index contributed by atoms with van der Waals surface area (Å²) < 4.78 is 7.74. The molecule has 0 spiro atoms. The third kappa shape index (κ3) is 6.35. The minimum absolute atomic E-state index is 0.000190. The standard InChI is InChI=1S/C34H46N2O3/c1-23-16-17-35(21-23)29-6-5-7-30(20-29)36(34(38)28-12-14-31(37)15-13-28)22-26-8-10-27(11-9-26)32-18-25(3)33(39-4)19-24(32)2/h5-7,16-18,20-21,24,26-28,31,37H,8-15,19,22H2,1-4H3. The highest BCUT2D eigenvalue weighted by Gasteiger charge is 2.34. The molecule has 3 aliphatic carbocycles. The number of methoxy groups -OCH3 is 1. The first-order valence-electron chi connectivity index (χ1n) is 15.0. The van der Waals surface area contributed by atoms with E-state index in [2.05, 4.69) is 79.0 Å². The number of hydrogen-bond donors (Lipinski definition) is 1. The summed E-state index contributed by atoms with van der Waals surface area (Å²) in [7, 11) is 1.79. The summed E-state index contributed by atoms with van der Waals surface area (Å²) in [6.07, 6.45) is 15.0. The number of aryl methyl sites for hydroxylation is 1. The van der Waals surface area contributed by atoms with Gasteiger partial charge in [-0.05, 0) is 118 Å². The Balaban J connectivity index is 1.32. The van der Waals surface area contributed by atoms with Crippen molar-refractivity contribution in [3.05, 3.63) is 71.3 Å². The van der Waals surface area contributed by atoms with Gasteiger partial charge in [0.05, 0.1) is 19.0 Å². The quantitative estimate of drug-likeness (QED) is 0.407. The molecule has 5 rings (SSSR count). The molecule has 1 unspecified atom stereocenters. The average Bonchev–Trinajstić information content (AvgIpc) is 3.39. The van der Waals surface area contributed by atoms with Gasteiger partial charge in [0.1, 0.15) is 0 Å². The van der Waals surface area contributed by atoms with Crippen molar-refractivity contribution in [2.24, 2.45) is 23.7 Å². The molecule has 1 heterocycles. The lowest BCUT2D eigenvalue weighted by Crippen LogP contribution is -2.42. The largest absolute Gasteiger partial charge is 0.501 e. The van der Waals surface area contributed by atoms with Crippen LogP contribution in [0.4, 0.5) is 5.69 Å². The van der Waals surface area contributed by atoms with Gasteiger partial charge in [0.15, 0.2) is 0 Å². The summed E-state index contributed by atoms with van der Waals surface area (Å²) in [5.74, 6) is 3.03. The monoisotopic (exact) mass is 530 g/mol. The number of benzene rings is 1. The van der Waals surface area contributed by atoms with Crippen molar-refractivity contribution in [2.75, 3.05) is 18.6 Å². The first-order valence-corrected chi connectivity index (χ1v) is 15.0. The number of allylic oxidation sites excluding steroid dienone is 4. The maximum atomic E-state index is 14.0. The molecule has 1 N–H and O–H groups in total. The van der Waals surface area contributed by atoms with Gasteiger partial charge in [-0.15, -0.1) is 0 Å². The smallest absolute Gasteiger partial charge is 0.230 e. The predicted molar refractivity (Wildman–Crippen MR) is 158 cm³/mol. The van der Waals surface area contributed by atoms with E-state index in [-0.39, 0.29) is 17.9 Å². The van der Waals surface area contributed by atoms with E-state index in [0.29, 0.717) is 17.8 Å². The number of ether oxygens (including phenoxy) is 1. The van der Waals surface area contributed by atoms with Gasteiger partial charge in [-0.2, -0.15) is 0 Å². The molecule has 2 aromatic rings. The number of hydrogen-bond acceptors (Lipinski definition) is 3. The summed E-state index contributed by atoms with van der Waals surface area (Å²) in [5.41, 5.74) is 6.17. The molecular formula is C34H46N2O3. The predicted octanol–water partition coefficient (Wildman–Crippen LogP) is 7.36. The molecule has 0 aliphatic heterocycles. The van der Waals surface area contributed by atoms with Gasteiger partial charge in [-0.3, -0.25) is 4.79 Å². The normalized spacial score (nSPS) is 27.7. The van der Waals surface area contributed by atoms with Crippen LogP contribution in [0.2, 0.25) is 0 Å². The molecule has 5 nitrogen and oxygen atoms in total. The zero-order valence-electron chi connectivity index (χ0n) is 24.2. The number of aromatic nitrogens is 1. The van der Waals surface area contributed by atoms with E-state index >= 15 is 0 Å². The second kappa shape index (κ2) is 12.2. The summed E-state index contributed by atoms with van der Waals surface area (Å²) in [6.45, 7) is 7.39. The Morgan fingerprint density at radius 1 is 1.05 bits per heavy atom. The Bertz CT molecular complexity index is 1210. The molecule has 0 saturated heterocycles. The number of aliphatic hydroxyl groups is 1. The van der Waals surface area contributed by atoms with E-state index in [9.17, 15) is 9.90 Å². The zero-order valence-corrected chi connectivity index (χ0v) is 24.2. The van der Waals surface area contributed by atoms with Crippen molar-refractivity contribution in [3.63, 3.8) is 0 Å². The van der Waals surface area contributed by atoms with Gasteiger partial charge >= 0.3 is 0 Å². The van der Waals surface area contributed by atoms with Gasteiger partial charge in [-0.25, -0.2) is 0 Å². The van der Waals surface area contributed by atoms with Crippen LogP contribution in [0.1, 0.15) is 77.2 Å². The lowest BCUT2D eigenvalue weighted by Gasteiger charge is -2.37. The molecule has 3 aliphatic rings. The Morgan fingerprint density at radius 3 is 2.46 bits per heavy atom. The SMILES string of the molecule is COC1=C(C)C=C(C2CCC(CN(C(=O)C3CCC(O)CC3)c3cccc(-n4ccc(C)c4)c3)CC2)C(C)C1. The molecule has 1 atom stereocenters. The fraction of sp³-hybridized carbons (Fsp3) is 0.559. The van der Waals surface area contributed by atoms with Crippen LogP contribution in [0.25, 0.3) is 5.69 Å². The van der Waals surface area contributed by atoms with Crippen molar-refractivity contribution in [3.8, 4) is 5.69 Å². The molecule has 39 heavy (non-hydrogen) atoms. The first kappa shape index (κ1) is 27.8. The maximum Gasteiger partial charge on any atom is 0.230 e. The highest BCUT2D eigenvalue weighted by Crippen LogP contribution is 2.42. The molecule has 1 amide bonds. The van der Waals surface area contributed by atoms with Crippen LogP contribution in [-0.4, -0.2) is 35.3 Å². The van der Waals surface area contributed by atoms with Crippen molar-refractivity contribution < 1.29 is 14.6 Å². The van der Waals surface area contributed by atoms with Crippen LogP contribution in [-0.2, 0) is 9.53 Å². The fourth-order valence-electron chi connectivity index (χ4n) is 7.08. The van der Waals surface area contributed by atoms with Crippen molar-refractivity contribution >= 4 is 11.6 Å². The molecule has 0 bridgehead atoms. The van der Waals surface area contributed by atoms with Crippen LogP contribution in [0.15, 0.2) is 65.7 Å². The Kier molecular flexibility index (Phi) is 8.66. The van der Waals surface area contributed by atoms with Gasteiger partial charge in [0, 0.05) is 42.7 Å². The van der Waals surface area contributed by atoms with Crippen LogP contribution in [0.5, 0.6) is 0 Å². The number of carbonyl (C=O) groups excluding carboxylic acids is 1. The Morgan fingerprint density at radius 2 is 1.79 bits per heavy atom. The maximum absolute atomic E-state index is 14.0. The Hall–Kier alpha value is -2.79. The summed E-state index contributed by atoms with van der Waals surface area (Å²) in [4.78, 5) is 16.1. The molecule has 0 radical (unpaired) electrons. The lowest BCUT2D eigenvalue weighted by molar-refractivity contribution is -0.124. The number of anilines is 1. The molecule has 2 fully saturated rings. The van der Waals surface area contributed by atoms with E-state index in [1.807, 2.05) is 0 Å². The van der Waals surface area contributed by atoms with E-state index in [0.717, 1.165) is 68.6 Å². The van der Waals surface area contributed by atoms with Crippen molar-refractivity contribution in [1.82, 2.24) is 4.57 Å². The molecule has 5 heteroatoms. The number of rotatable bonds is 7. The van der Waals surface area contributed by atoms with Gasteiger partial charge in [0.2, 0.25) is 5.91 Å². The third-order valence-corrected chi connectivity index (χ3v) is 9.48. The first-order chi connectivity index (χ1) is 18.8. The van der Waals surface area contributed by atoms with Crippen LogP contribution in [0.3, 0.4) is 0 Å². The van der Waals surface area contributed by atoms with E-state index in [1.165, 1.54) is 24.0 Å². The highest BCUT2D eigenvalue weighted by molar-refractivity contribution is 5.95. The number of nitrogens with zero attached hydrogens (tertiary/aromatic N) is 2. The minimum atomic E-state index is -0.256. The van der Waals surface area contributed by atoms with Gasteiger partial charge < -0.3 is 19.3 Å². The zero-order chi connectivity index (χ0) is 27.5. The highest BCUT2D eigenvalue weighted by atomic mass is 16.5. The second-order valence-electron chi connectivity index (χ2n) is 12.3. The van der Waals surface area contributed by atoms with Gasteiger partial charge in [0.25, 0.3) is 0 Å². The minimum Gasteiger partial charge on any atom is -0.501 e. The molecular weight excluding hydrogens is 484 g/mol. The van der Waals surface area contributed by atoms with Crippen LogP contribution >= 0.6 is 0 Å². The summed E-state index contributed by atoms with van der Waals surface area (Å²) in [6, 6.07) is 10.5. The summed E-state index contributed by atoms with van der Waals surface area (Å²) >= 11 is 0. The molecule has 210 valence electrons. The van der Waals surface area contributed by atoms with Crippen LogP contribution in [0, 0.1) is 30.6 Å². The average molecular weight is 531 g/mol. The van der Waals surface area contributed by atoms with Crippen LogP contribution < -0.4 is 4.90 Å². The van der Waals surface area contributed by atoms with E-state index in [1.54, 1.807) is 12.7 Å².